The number of nitrogens with one attached hydrogen (secondary N) is 2. The fraction of sp³-hybridized carbons (Fsp3) is 0.222. The Balaban J connectivity index is 1.95. The number of hydrogen-bond donors (Lipinski definition) is 2. The molecule has 2 N–H and O–H groups in total. The number of para-hydroxylation sites is 1. The van der Waals surface area contributed by atoms with Crippen molar-refractivity contribution in [2.45, 2.75) is 19.8 Å². The molecule has 0 heterocycles. The van der Waals surface area contributed by atoms with Crippen molar-refractivity contribution in [2.24, 2.45) is 0 Å². The normalized spacial score (nSPS) is 10.1. The predicted octanol–water partition coefficient (Wildman–Crippen LogP) is 4.13. The van der Waals surface area contributed by atoms with Gasteiger partial charge in [0, 0.05) is 5.56 Å². The lowest BCUT2D eigenvalue weighted by Gasteiger charge is -2.11. The van der Waals surface area contributed by atoms with Gasteiger partial charge in [0.1, 0.15) is 11.6 Å². The van der Waals surface area contributed by atoms with E-state index in [1.54, 1.807) is 36.4 Å². The fourth-order valence-electron chi connectivity index (χ4n) is 1.95. The molecular weight excluding hydrogens is 327 g/mol. The average molecular weight is 346 g/mol. The number of amides is 1. The van der Waals surface area contributed by atoms with Crippen molar-refractivity contribution in [3.05, 3.63) is 59.9 Å². The van der Waals surface area contributed by atoms with Crippen LogP contribution in [0.1, 0.15) is 30.1 Å². The molecule has 0 aliphatic heterocycles. The van der Waals surface area contributed by atoms with E-state index in [2.05, 4.69) is 17.6 Å². The summed E-state index contributed by atoms with van der Waals surface area (Å²) < 4.78 is 19.1. The van der Waals surface area contributed by atoms with Crippen molar-refractivity contribution in [1.29, 1.82) is 0 Å². The molecule has 0 saturated carbocycles. The molecule has 2 aromatic rings. The van der Waals surface area contributed by atoms with E-state index in [0.717, 1.165) is 12.8 Å². The summed E-state index contributed by atoms with van der Waals surface area (Å²) in [5.74, 6) is -0.200. The van der Waals surface area contributed by atoms with Gasteiger partial charge in [-0.3, -0.25) is 10.1 Å². The van der Waals surface area contributed by atoms with Crippen LogP contribution >= 0.6 is 12.2 Å². The standard InChI is InChI=1S/C18H19FN2O2S/c1-2-3-11-23-14-8-6-7-13(12-14)17(22)21-18(24)20-16-10-5-4-9-15(16)19/h4-10,12H,2-3,11H2,1H3,(H2,20,21,22,24). The molecule has 6 heteroatoms. The van der Waals surface area contributed by atoms with Crippen LogP contribution in [0.15, 0.2) is 48.5 Å². The summed E-state index contributed by atoms with van der Waals surface area (Å²) in [7, 11) is 0. The number of hydrogen-bond acceptors (Lipinski definition) is 3. The number of anilines is 1. The van der Waals surface area contributed by atoms with E-state index in [-0.39, 0.29) is 16.7 Å². The molecule has 0 bridgehead atoms. The van der Waals surface area contributed by atoms with Crippen LogP contribution in [0.4, 0.5) is 10.1 Å². The second kappa shape index (κ2) is 8.98. The van der Waals surface area contributed by atoms with Crippen LogP contribution in [-0.4, -0.2) is 17.6 Å². The number of carbonyl (C=O) groups is 1. The molecule has 0 aliphatic carbocycles. The predicted molar refractivity (Wildman–Crippen MR) is 96.9 cm³/mol. The fourth-order valence-corrected chi connectivity index (χ4v) is 2.16. The van der Waals surface area contributed by atoms with Crippen LogP contribution in [0.2, 0.25) is 0 Å². The number of carbonyl (C=O) groups excluding carboxylic acids is 1. The minimum Gasteiger partial charge on any atom is -0.494 e. The molecule has 24 heavy (non-hydrogen) atoms. The van der Waals surface area contributed by atoms with Gasteiger partial charge in [0.2, 0.25) is 0 Å². The Hall–Kier alpha value is -2.47. The van der Waals surface area contributed by atoms with Crippen LogP contribution in [0, 0.1) is 5.82 Å². The van der Waals surface area contributed by atoms with E-state index in [9.17, 15) is 9.18 Å². The van der Waals surface area contributed by atoms with Gasteiger partial charge in [0.05, 0.1) is 12.3 Å². The second-order valence-corrected chi connectivity index (χ2v) is 5.53. The van der Waals surface area contributed by atoms with Crippen LogP contribution < -0.4 is 15.4 Å². The maximum absolute atomic E-state index is 13.6. The van der Waals surface area contributed by atoms with E-state index in [1.807, 2.05) is 0 Å². The van der Waals surface area contributed by atoms with E-state index < -0.39 is 5.82 Å². The molecule has 0 spiro atoms. The minimum absolute atomic E-state index is 0.0300. The number of halogens is 1. The SMILES string of the molecule is CCCCOc1cccc(C(=O)NC(=S)Nc2ccccc2F)c1. The number of thiocarbonyl (C=S) groups is 1. The van der Waals surface area contributed by atoms with Crippen molar-refractivity contribution in [3.8, 4) is 5.75 Å². The summed E-state index contributed by atoms with van der Waals surface area (Å²) in [6.45, 7) is 2.69. The largest absolute Gasteiger partial charge is 0.494 e. The van der Waals surface area contributed by atoms with Crippen molar-refractivity contribution in [2.75, 3.05) is 11.9 Å². The molecule has 0 radical (unpaired) electrons. The summed E-state index contributed by atoms with van der Waals surface area (Å²) >= 11 is 5.05. The van der Waals surface area contributed by atoms with Crippen LogP contribution in [0.5, 0.6) is 5.75 Å². The minimum atomic E-state index is -0.444. The van der Waals surface area contributed by atoms with Gasteiger partial charge in [-0.25, -0.2) is 4.39 Å². The van der Waals surface area contributed by atoms with Crippen molar-refractivity contribution < 1.29 is 13.9 Å². The molecule has 2 rings (SSSR count). The first-order chi connectivity index (χ1) is 11.6. The Kier molecular flexibility index (Phi) is 6.69. The summed E-state index contributed by atoms with van der Waals surface area (Å²) in [4.78, 5) is 12.2. The second-order valence-electron chi connectivity index (χ2n) is 5.12. The number of unbranched alkanes of at least 4 members (excludes halogenated alkanes) is 1. The molecule has 0 atom stereocenters. The molecule has 4 nitrogen and oxygen atoms in total. The van der Waals surface area contributed by atoms with E-state index in [4.69, 9.17) is 17.0 Å². The Morgan fingerprint density at radius 1 is 1.21 bits per heavy atom. The highest BCUT2D eigenvalue weighted by Crippen LogP contribution is 2.15. The third-order valence-electron chi connectivity index (χ3n) is 3.21. The maximum Gasteiger partial charge on any atom is 0.257 e. The molecule has 0 saturated heterocycles. The molecule has 0 aliphatic rings. The summed E-state index contributed by atoms with van der Waals surface area (Å²) in [5, 5.41) is 5.22. The van der Waals surface area contributed by atoms with E-state index in [0.29, 0.717) is 17.9 Å². The first-order valence-corrected chi connectivity index (χ1v) is 8.10. The monoisotopic (exact) mass is 346 g/mol. The van der Waals surface area contributed by atoms with Gasteiger partial charge in [-0.15, -0.1) is 0 Å². The Morgan fingerprint density at radius 3 is 2.75 bits per heavy atom. The highest BCUT2D eigenvalue weighted by Gasteiger charge is 2.10. The van der Waals surface area contributed by atoms with Gasteiger partial charge in [0.15, 0.2) is 5.11 Å². The summed E-state index contributed by atoms with van der Waals surface area (Å²) in [6, 6.07) is 12.9. The van der Waals surface area contributed by atoms with Gasteiger partial charge in [-0.2, -0.15) is 0 Å². The smallest absolute Gasteiger partial charge is 0.257 e. The molecule has 0 unspecified atom stereocenters. The number of benzene rings is 2. The lowest BCUT2D eigenvalue weighted by Crippen LogP contribution is -2.34. The van der Waals surface area contributed by atoms with Crippen molar-refractivity contribution in [3.63, 3.8) is 0 Å². The first-order valence-electron chi connectivity index (χ1n) is 7.70. The zero-order valence-electron chi connectivity index (χ0n) is 13.3. The van der Waals surface area contributed by atoms with E-state index >= 15 is 0 Å². The maximum atomic E-state index is 13.6. The average Bonchev–Trinajstić information content (AvgIpc) is 2.57. The van der Waals surface area contributed by atoms with Crippen molar-refractivity contribution >= 4 is 28.9 Å². The highest BCUT2D eigenvalue weighted by atomic mass is 32.1. The van der Waals surface area contributed by atoms with Crippen LogP contribution in [0.25, 0.3) is 0 Å². The topological polar surface area (TPSA) is 50.4 Å². The Morgan fingerprint density at radius 2 is 2.00 bits per heavy atom. The molecule has 126 valence electrons. The molecule has 0 fully saturated rings. The van der Waals surface area contributed by atoms with Gasteiger partial charge >= 0.3 is 0 Å². The number of rotatable bonds is 6. The molecular formula is C18H19FN2O2S. The lowest BCUT2D eigenvalue weighted by atomic mass is 10.2. The quantitative estimate of drug-likeness (QED) is 0.610. The van der Waals surface area contributed by atoms with Gasteiger partial charge in [-0.1, -0.05) is 31.5 Å². The molecule has 2 aromatic carbocycles. The Labute approximate surface area is 146 Å². The summed E-state index contributed by atoms with van der Waals surface area (Å²) in [5.41, 5.74) is 0.626. The van der Waals surface area contributed by atoms with Gasteiger partial charge in [-0.05, 0) is 49.0 Å². The van der Waals surface area contributed by atoms with Gasteiger partial charge in [0.25, 0.3) is 5.91 Å². The van der Waals surface area contributed by atoms with Crippen LogP contribution in [0.3, 0.4) is 0 Å². The lowest BCUT2D eigenvalue weighted by molar-refractivity contribution is 0.0977. The van der Waals surface area contributed by atoms with Crippen molar-refractivity contribution in [1.82, 2.24) is 5.32 Å². The third kappa shape index (κ3) is 5.31. The molecule has 1 amide bonds. The Bertz CT molecular complexity index is 722. The zero-order chi connectivity index (χ0) is 17.4. The van der Waals surface area contributed by atoms with Gasteiger partial charge < -0.3 is 10.1 Å². The molecule has 0 aromatic heterocycles. The van der Waals surface area contributed by atoms with Crippen LogP contribution in [-0.2, 0) is 0 Å². The van der Waals surface area contributed by atoms with E-state index in [1.165, 1.54) is 12.1 Å². The highest BCUT2D eigenvalue weighted by molar-refractivity contribution is 7.80. The third-order valence-corrected chi connectivity index (χ3v) is 3.42. The number of ether oxygens (including phenoxy) is 1. The summed E-state index contributed by atoms with van der Waals surface area (Å²) in [6.07, 6.45) is 1.99. The first kappa shape index (κ1) is 17.9. The zero-order valence-corrected chi connectivity index (χ0v) is 14.2.